The highest BCUT2D eigenvalue weighted by molar-refractivity contribution is 5.91. The number of carbonyl (C=O) groups excluding carboxylic acids is 1. The van der Waals surface area contributed by atoms with E-state index in [1.165, 1.54) is 0 Å². The lowest BCUT2D eigenvalue weighted by Gasteiger charge is -2.00. The Bertz CT molecular complexity index is 649. The lowest BCUT2D eigenvalue weighted by atomic mass is 10.1. The quantitative estimate of drug-likeness (QED) is 0.658. The van der Waals surface area contributed by atoms with Crippen molar-refractivity contribution in [1.82, 2.24) is 4.98 Å². The molecule has 0 saturated carbocycles. The molecule has 0 aliphatic carbocycles. The summed E-state index contributed by atoms with van der Waals surface area (Å²) in [5.74, 6) is 0. The molecule has 0 spiro atoms. The second-order valence-electron chi connectivity index (χ2n) is 3.98. The normalized spacial score (nSPS) is 10.6. The molecule has 0 aliphatic rings. The van der Waals surface area contributed by atoms with Gasteiger partial charge < -0.3 is 4.98 Å². The number of benzene rings is 2. The highest BCUT2D eigenvalue weighted by atomic mass is 16.1. The minimum atomic E-state index is 0.707. The van der Waals surface area contributed by atoms with Gasteiger partial charge in [-0.2, -0.15) is 0 Å². The van der Waals surface area contributed by atoms with Crippen molar-refractivity contribution in [3.05, 3.63) is 60.2 Å². The number of para-hydroxylation sites is 1. The van der Waals surface area contributed by atoms with E-state index in [-0.39, 0.29) is 0 Å². The summed E-state index contributed by atoms with van der Waals surface area (Å²) >= 11 is 0. The lowest BCUT2D eigenvalue weighted by Crippen LogP contribution is -1.86. The zero-order chi connectivity index (χ0) is 11.7. The third kappa shape index (κ3) is 1.64. The van der Waals surface area contributed by atoms with Gasteiger partial charge in [0.05, 0.1) is 0 Å². The van der Waals surface area contributed by atoms with E-state index >= 15 is 0 Å². The van der Waals surface area contributed by atoms with Crippen molar-refractivity contribution in [2.24, 2.45) is 0 Å². The lowest BCUT2D eigenvalue weighted by molar-refractivity contribution is 0.112. The number of carbonyl (C=O) groups is 1. The van der Waals surface area contributed by atoms with Crippen LogP contribution in [0.3, 0.4) is 0 Å². The zero-order valence-corrected chi connectivity index (χ0v) is 9.18. The van der Waals surface area contributed by atoms with Gasteiger partial charge in [-0.15, -0.1) is 0 Å². The third-order valence-electron chi connectivity index (χ3n) is 2.91. The molecule has 0 fully saturated rings. The number of H-pyrrole nitrogens is 1. The summed E-state index contributed by atoms with van der Waals surface area (Å²) in [6.45, 7) is 0. The summed E-state index contributed by atoms with van der Waals surface area (Å²) in [5, 5.41) is 1.16. The fourth-order valence-corrected chi connectivity index (χ4v) is 2.06. The molecule has 0 radical (unpaired) electrons. The molecule has 0 atom stereocenters. The second kappa shape index (κ2) is 3.91. The Hall–Kier alpha value is -2.35. The first kappa shape index (κ1) is 9.85. The molecule has 0 unspecified atom stereocenters. The van der Waals surface area contributed by atoms with E-state index in [1.54, 1.807) is 0 Å². The number of hydrogen-bond donors (Lipinski definition) is 1. The summed E-state index contributed by atoms with van der Waals surface area (Å²) in [6.07, 6.45) is 0.890. The van der Waals surface area contributed by atoms with Gasteiger partial charge in [0.25, 0.3) is 0 Å². The fourth-order valence-electron chi connectivity index (χ4n) is 2.06. The van der Waals surface area contributed by atoms with Crippen LogP contribution >= 0.6 is 0 Å². The van der Waals surface area contributed by atoms with E-state index in [0.29, 0.717) is 5.56 Å². The third-order valence-corrected chi connectivity index (χ3v) is 2.91. The Morgan fingerprint density at radius 3 is 2.53 bits per heavy atom. The fraction of sp³-hybridized carbons (Fsp3) is 0. The maximum absolute atomic E-state index is 11.0. The summed E-state index contributed by atoms with van der Waals surface area (Å²) in [7, 11) is 0. The minimum Gasteiger partial charge on any atom is -0.355 e. The Morgan fingerprint density at radius 2 is 1.71 bits per heavy atom. The maximum Gasteiger partial charge on any atom is 0.150 e. The molecular weight excluding hydrogens is 210 g/mol. The van der Waals surface area contributed by atoms with Gasteiger partial charge in [-0.3, -0.25) is 4.79 Å². The molecule has 0 aliphatic heterocycles. The van der Waals surface area contributed by atoms with E-state index in [4.69, 9.17) is 0 Å². The largest absolute Gasteiger partial charge is 0.355 e. The van der Waals surface area contributed by atoms with E-state index < -0.39 is 0 Å². The van der Waals surface area contributed by atoms with Crippen molar-refractivity contribution >= 4 is 17.2 Å². The van der Waals surface area contributed by atoms with Crippen LogP contribution in [0.25, 0.3) is 22.2 Å². The molecule has 1 heterocycles. The molecule has 2 nitrogen and oxygen atoms in total. The predicted molar refractivity (Wildman–Crippen MR) is 69.1 cm³/mol. The number of rotatable bonds is 2. The molecular formula is C15H11NO. The number of nitrogens with one attached hydrogen (secondary N) is 1. The average Bonchev–Trinajstić information content (AvgIpc) is 2.82. The molecule has 1 N–H and O–H groups in total. The number of aromatic nitrogens is 1. The average molecular weight is 221 g/mol. The Labute approximate surface area is 98.9 Å². The second-order valence-corrected chi connectivity index (χ2v) is 3.98. The van der Waals surface area contributed by atoms with Gasteiger partial charge in [-0.05, 0) is 12.1 Å². The Kier molecular flexibility index (Phi) is 2.26. The van der Waals surface area contributed by atoms with Crippen molar-refractivity contribution in [1.29, 1.82) is 0 Å². The van der Waals surface area contributed by atoms with Gasteiger partial charge in [-0.1, -0.05) is 42.5 Å². The Morgan fingerprint density at radius 1 is 0.941 bits per heavy atom. The van der Waals surface area contributed by atoms with Crippen LogP contribution < -0.4 is 0 Å². The van der Waals surface area contributed by atoms with Crippen LogP contribution in [0.1, 0.15) is 10.4 Å². The van der Waals surface area contributed by atoms with Crippen molar-refractivity contribution in [3.8, 4) is 11.3 Å². The molecule has 0 amide bonds. The first-order chi connectivity index (χ1) is 8.38. The predicted octanol–water partition coefficient (Wildman–Crippen LogP) is 3.65. The van der Waals surface area contributed by atoms with Crippen LogP contribution in [0.2, 0.25) is 0 Å². The molecule has 2 heteroatoms. The van der Waals surface area contributed by atoms with E-state index in [2.05, 4.69) is 17.1 Å². The van der Waals surface area contributed by atoms with Crippen LogP contribution in [0.5, 0.6) is 0 Å². The van der Waals surface area contributed by atoms with Gasteiger partial charge in [0.15, 0.2) is 6.29 Å². The molecule has 3 aromatic rings. The van der Waals surface area contributed by atoms with Crippen LogP contribution in [-0.4, -0.2) is 11.3 Å². The van der Waals surface area contributed by atoms with Crippen molar-refractivity contribution in [2.75, 3.05) is 0 Å². The first-order valence-corrected chi connectivity index (χ1v) is 5.51. The highest BCUT2D eigenvalue weighted by Gasteiger charge is 2.06. The summed E-state index contributed by atoms with van der Waals surface area (Å²) in [4.78, 5) is 14.3. The summed E-state index contributed by atoms with van der Waals surface area (Å²) in [6, 6.07) is 17.7. The molecule has 3 rings (SSSR count). The van der Waals surface area contributed by atoms with E-state index in [0.717, 1.165) is 28.4 Å². The topological polar surface area (TPSA) is 32.9 Å². The van der Waals surface area contributed by atoms with Crippen molar-refractivity contribution in [3.63, 3.8) is 0 Å². The van der Waals surface area contributed by atoms with Crippen LogP contribution in [-0.2, 0) is 0 Å². The monoisotopic (exact) mass is 221 g/mol. The summed E-state index contributed by atoms with van der Waals surface area (Å²) < 4.78 is 0. The SMILES string of the molecule is O=Cc1ccccc1-c1cc2ccccc2[nH]1. The van der Waals surface area contributed by atoms with Gasteiger partial charge in [0.1, 0.15) is 0 Å². The molecule has 17 heavy (non-hydrogen) atoms. The molecule has 82 valence electrons. The van der Waals surface area contributed by atoms with Crippen molar-refractivity contribution < 1.29 is 4.79 Å². The van der Waals surface area contributed by atoms with Crippen LogP contribution in [0, 0.1) is 0 Å². The highest BCUT2D eigenvalue weighted by Crippen LogP contribution is 2.25. The number of fused-ring (bicyclic) bond motifs is 1. The van der Waals surface area contributed by atoms with E-state index in [1.807, 2.05) is 42.5 Å². The number of hydrogen-bond acceptors (Lipinski definition) is 1. The molecule has 1 aromatic heterocycles. The molecule has 0 bridgehead atoms. The number of aromatic amines is 1. The van der Waals surface area contributed by atoms with Crippen LogP contribution in [0.4, 0.5) is 0 Å². The zero-order valence-electron chi connectivity index (χ0n) is 9.18. The maximum atomic E-state index is 11.0. The van der Waals surface area contributed by atoms with Gasteiger partial charge in [0, 0.05) is 27.7 Å². The van der Waals surface area contributed by atoms with Crippen LogP contribution in [0.15, 0.2) is 54.6 Å². The molecule has 0 saturated heterocycles. The van der Waals surface area contributed by atoms with Gasteiger partial charge >= 0.3 is 0 Å². The smallest absolute Gasteiger partial charge is 0.150 e. The van der Waals surface area contributed by atoms with E-state index in [9.17, 15) is 4.79 Å². The van der Waals surface area contributed by atoms with Gasteiger partial charge in [0.2, 0.25) is 0 Å². The molecule has 2 aromatic carbocycles. The summed E-state index contributed by atoms with van der Waals surface area (Å²) in [5.41, 5.74) is 3.72. The van der Waals surface area contributed by atoms with Crippen molar-refractivity contribution in [2.45, 2.75) is 0 Å². The van der Waals surface area contributed by atoms with Gasteiger partial charge in [-0.25, -0.2) is 0 Å². The minimum absolute atomic E-state index is 0.707. The first-order valence-electron chi connectivity index (χ1n) is 5.51. The number of aldehydes is 1. The standard InChI is InChI=1S/C15H11NO/c17-10-12-6-1-3-7-13(12)15-9-11-5-2-4-8-14(11)16-15/h1-10,16H. The Balaban J connectivity index is 2.23.